The summed E-state index contributed by atoms with van der Waals surface area (Å²) in [4.78, 5) is 26.9. The van der Waals surface area contributed by atoms with Crippen molar-refractivity contribution in [3.63, 3.8) is 0 Å². The van der Waals surface area contributed by atoms with Crippen LogP contribution in [0.5, 0.6) is 0 Å². The quantitative estimate of drug-likeness (QED) is 0.398. The van der Waals surface area contributed by atoms with Crippen LogP contribution in [0.2, 0.25) is 0 Å². The number of aliphatic hydroxyl groups is 1. The molecule has 2 saturated carbocycles. The first kappa shape index (κ1) is 27.9. The minimum absolute atomic E-state index is 0.0641. The third kappa shape index (κ3) is 6.08. The molecule has 8 heteroatoms. The molecule has 8 nitrogen and oxygen atoms in total. The molecule has 0 atom stereocenters. The molecule has 3 aromatic rings. The first-order valence-electron chi connectivity index (χ1n) is 14.1. The molecule has 40 heavy (non-hydrogen) atoms. The summed E-state index contributed by atoms with van der Waals surface area (Å²) in [6.07, 6.45) is 4.85. The Morgan fingerprint density at radius 1 is 0.975 bits per heavy atom. The van der Waals surface area contributed by atoms with Crippen LogP contribution in [0.4, 0.5) is 5.82 Å². The first-order valence-corrected chi connectivity index (χ1v) is 14.1. The van der Waals surface area contributed by atoms with Crippen LogP contribution in [0, 0.1) is 11.8 Å². The van der Waals surface area contributed by atoms with Gasteiger partial charge in [0.25, 0.3) is 0 Å². The molecule has 0 unspecified atom stereocenters. The van der Waals surface area contributed by atoms with E-state index in [1.165, 1.54) is 0 Å². The average Bonchev–Trinajstić information content (AvgIpc) is 2.92. The molecule has 1 heterocycles. The largest absolute Gasteiger partial charge is 0.390 e. The van der Waals surface area contributed by atoms with Crippen molar-refractivity contribution in [3.05, 3.63) is 66.2 Å². The number of benzene rings is 2. The predicted octanol–water partition coefficient (Wildman–Crippen LogP) is 4.73. The monoisotopic (exact) mass is 541 g/mol. The molecule has 1 aromatic heterocycles. The van der Waals surface area contributed by atoms with Gasteiger partial charge >= 0.3 is 0 Å². The van der Waals surface area contributed by atoms with E-state index in [4.69, 9.17) is 5.73 Å². The first-order chi connectivity index (χ1) is 19.0. The van der Waals surface area contributed by atoms with Gasteiger partial charge in [0.15, 0.2) is 5.82 Å². The third-order valence-electron chi connectivity index (χ3n) is 8.38. The van der Waals surface area contributed by atoms with Crippen molar-refractivity contribution in [1.82, 2.24) is 15.1 Å². The van der Waals surface area contributed by atoms with Gasteiger partial charge in [0.1, 0.15) is 5.69 Å². The lowest BCUT2D eigenvalue weighted by atomic mass is 9.63. The molecule has 2 amide bonds. The van der Waals surface area contributed by atoms with Crippen LogP contribution in [0.1, 0.15) is 57.4 Å². The molecule has 4 N–H and O–H groups in total. The Hall–Kier alpha value is -3.62. The Bertz CT molecular complexity index is 1360. The number of hydrogen-bond acceptors (Lipinski definition) is 6. The van der Waals surface area contributed by atoms with Crippen LogP contribution < -0.4 is 11.1 Å². The molecule has 2 aliphatic rings. The Balaban J connectivity index is 1.30. The zero-order valence-corrected chi connectivity index (χ0v) is 23.6. The van der Waals surface area contributed by atoms with Gasteiger partial charge in [-0.25, -0.2) is 0 Å². The van der Waals surface area contributed by atoms with Gasteiger partial charge in [0, 0.05) is 43.1 Å². The summed E-state index contributed by atoms with van der Waals surface area (Å²) < 4.78 is 0. The third-order valence-corrected chi connectivity index (χ3v) is 8.38. The zero-order chi connectivity index (χ0) is 28.5. The maximum absolute atomic E-state index is 12.9. The van der Waals surface area contributed by atoms with Crippen molar-refractivity contribution in [2.45, 2.75) is 63.0 Å². The van der Waals surface area contributed by atoms with E-state index < -0.39 is 11.1 Å². The minimum Gasteiger partial charge on any atom is -0.390 e. The molecular weight excluding hydrogens is 502 g/mol. The van der Waals surface area contributed by atoms with Crippen LogP contribution in [0.25, 0.3) is 22.4 Å². The average molecular weight is 542 g/mol. The summed E-state index contributed by atoms with van der Waals surface area (Å²) in [5.74, 6) is 0.834. The summed E-state index contributed by atoms with van der Waals surface area (Å²) in [6, 6.07) is 19.8. The van der Waals surface area contributed by atoms with Gasteiger partial charge in [-0.15, -0.1) is 10.2 Å². The van der Waals surface area contributed by atoms with Gasteiger partial charge in [-0.3, -0.25) is 9.59 Å². The molecule has 0 aliphatic heterocycles. The van der Waals surface area contributed by atoms with E-state index in [1.54, 1.807) is 19.0 Å². The Morgan fingerprint density at radius 3 is 2.23 bits per heavy atom. The second-order valence-corrected chi connectivity index (χ2v) is 12.1. The van der Waals surface area contributed by atoms with E-state index in [9.17, 15) is 14.7 Å². The molecule has 0 spiro atoms. The van der Waals surface area contributed by atoms with E-state index in [1.807, 2.05) is 67.6 Å². The highest BCUT2D eigenvalue weighted by Gasteiger charge is 2.49. The molecule has 0 saturated heterocycles. The van der Waals surface area contributed by atoms with Crippen molar-refractivity contribution in [2.24, 2.45) is 17.6 Å². The molecule has 2 aliphatic carbocycles. The molecule has 2 aromatic carbocycles. The van der Waals surface area contributed by atoms with Crippen molar-refractivity contribution >= 4 is 17.6 Å². The number of carbonyl (C=O) groups excluding carboxylic acids is 2. The number of nitrogens with zero attached hydrogens (tertiary/aromatic N) is 3. The topological polar surface area (TPSA) is 121 Å². The number of aromatic nitrogens is 2. The molecule has 2 fully saturated rings. The highest BCUT2D eigenvalue weighted by Crippen LogP contribution is 2.46. The summed E-state index contributed by atoms with van der Waals surface area (Å²) in [5.41, 5.74) is 9.73. The Kier molecular flexibility index (Phi) is 7.75. The highest BCUT2D eigenvalue weighted by molar-refractivity contribution is 5.91. The second-order valence-electron chi connectivity index (χ2n) is 12.1. The van der Waals surface area contributed by atoms with Gasteiger partial charge in [0.2, 0.25) is 11.8 Å². The van der Waals surface area contributed by atoms with Crippen LogP contribution >= 0.6 is 0 Å². The van der Waals surface area contributed by atoms with Gasteiger partial charge < -0.3 is 21.1 Å². The molecule has 0 radical (unpaired) electrons. The number of hydrogen-bond donors (Lipinski definition) is 3. The lowest BCUT2D eigenvalue weighted by Gasteiger charge is -2.49. The normalized spacial score (nSPS) is 26.0. The van der Waals surface area contributed by atoms with E-state index in [2.05, 4.69) is 15.5 Å². The van der Waals surface area contributed by atoms with Crippen molar-refractivity contribution in [3.8, 4) is 22.4 Å². The van der Waals surface area contributed by atoms with Gasteiger partial charge in [-0.05, 0) is 68.6 Å². The fourth-order valence-corrected chi connectivity index (χ4v) is 6.41. The van der Waals surface area contributed by atoms with E-state index in [0.29, 0.717) is 30.8 Å². The van der Waals surface area contributed by atoms with Crippen molar-refractivity contribution < 1.29 is 14.7 Å². The number of rotatable bonds is 7. The molecule has 0 bridgehead atoms. The summed E-state index contributed by atoms with van der Waals surface area (Å²) >= 11 is 0. The van der Waals surface area contributed by atoms with E-state index in [-0.39, 0.29) is 23.7 Å². The number of anilines is 1. The standard InChI is InChI=1S/C32H39N5O3/c1-31(40)19-32(33,20-31)25-15-13-23(14-16-25)29-26(22-7-5-4-6-8-22)18-27(35-36-29)34-28(38)17-21-9-11-24(12-10-21)30(39)37(2)3/h4-8,13-16,18,21,24,40H,9-12,17,19-20,33H2,1-3H3,(H,34,35,38)/t21?,24?,31-,32-. The number of nitrogens with two attached hydrogens (primary N) is 1. The van der Waals surface area contributed by atoms with E-state index >= 15 is 0 Å². The maximum Gasteiger partial charge on any atom is 0.225 e. The lowest BCUT2D eigenvalue weighted by molar-refractivity contribution is -0.134. The van der Waals surface area contributed by atoms with E-state index in [0.717, 1.165) is 47.9 Å². The molecule has 210 valence electrons. The number of amides is 2. The number of nitrogens with one attached hydrogen (secondary N) is 1. The van der Waals surface area contributed by atoms with Crippen molar-refractivity contribution in [2.75, 3.05) is 19.4 Å². The highest BCUT2D eigenvalue weighted by atomic mass is 16.3. The molecule has 5 rings (SSSR count). The predicted molar refractivity (Wildman–Crippen MR) is 156 cm³/mol. The van der Waals surface area contributed by atoms with Gasteiger partial charge in [0.05, 0.1) is 5.60 Å². The Labute approximate surface area is 236 Å². The summed E-state index contributed by atoms with van der Waals surface area (Å²) in [7, 11) is 3.59. The summed E-state index contributed by atoms with van der Waals surface area (Å²) in [5, 5.41) is 22.0. The second kappa shape index (κ2) is 11.1. The van der Waals surface area contributed by atoms with Crippen LogP contribution in [0.15, 0.2) is 60.7 Å². The smallest absolute Gasteiger partial charge is 0.225 e. The van der Waals surface area contributed by atoms with Crippen LogP contribution in [-0.2, 0) is 15.1 Å². The van der Waals surface area contributed by atoms with Crippen molar-refractivity contribution in [1.29, 1.82) is 0 Å². The van der Waals surface area contributed by atoms with Gasteiger partial charge in [-0.2, -0.15) is 0 Å². The van der Waals surface area contributed by atoms with Gasteiger partial charge in [-0.1, -0.05) is 54.6 Å². The van der Waals surface area contributed by atoms with Crippen LogP contribution in [-0.4, -0.2) is 51.7 Å². The maximum atomic E-state index is 12.9. The van der Waals surface area contributed by atoms with Crippen LogP contribution in [0.3, 0.4) is 0 Å². The summed E-state index contributed by atoms with van der Waals surface area (Å²) in [6.45, 7) is 1.81. The Morgan fingerprint density at radius 2 is 1.62 bits per heavy atom. The zero-order valence-electron chi connectivity index (χ0n) is 23.6. The lowest BCUT2D eigenvalue weighted by Crippen LogP contribution is -2.58. The minimum atomic E-state index is -0.718. The SMILES string of the molecule is CN(C)C(=O)C1CCC(CC(=O)Nc2cc(-c3ccccc3)c(-c3ccc([C@]4(N)C[C@](C)(O)C4)cc3)nn2)CC1. The molecular formula is C32H39N5O3. The fraction of sp³-hybridized carbons (Fsp3) is 0.438. The fourth-order valence-electron chi connectivity index (χ4n) is 6.41. The number of carbonyl (C=O) groups is 2.